The summed E-state index contributed by atoms with van der Waals surface area (Å²) in [5.41, 5.74) is 1.81. The van der Waals surface area contributed by atoms with Gasteiger partial charge in [-0.05, 0) is 41.0 Å². The Morgan fingerprint density at radius 1 is 1.07 bits per heavy atom. The zero-order valence-corrected chi connectivity index (χ0v) is 8.60. The molecule has 2 aromatic carbocycles. The fourth-order valence-electron chi connectivity index (χ4n) is 1.59. The predicted octanol–water partition coefficient (Wildman–Crippen LogP) is 3.44. The number of allylic oxidation sites excluding steroid dienone is 1. The molecule has 0 amide bonds. The highest BCUT2D eigenvalue weighted by molar-refractivity contribution is 5.87. The Balaban J connectivity index is 2.52. The highest BCUT2D eigenvalue weighted by Crippen LogP contribution is 2.17. The highest BCUT2D eigenvalue weighted by Gasteiger charge is 1.93. The SMILES string of the molecule is CC(C=O)=Cc1ccc2ccccc2c1. The number of hydrogen-bond donors (Lipinski definition) is 0. The van der Waals surface area contributed by atoms with Gasteiger partial charge in [-0.3, -0.25) is 4.79 Å². The van der Waals surface area contributed by atoms with Crippen LogP contribution in [0, 0.1) is 0 Å². The van der Waals surface area contributed by atoms with E-state index in [0.29, 0.717) is 0 Å². The Hall–Kier alpha value is -1.89. The van der Waals surface area contributed by atoms with Crippen LogP contribution >= 0.6 is 0 Å². The van der Waals surface area contributed by atoms with Crippen molar-refractivity contribution in [2.75, 3.05) is 0 Å². The lowest BCUT2D eigenvalue weighted by atomic mass is 10.1. The lowest BCUT2D eigenvalue weighted by Gasteiger charge is -1.99. The molecule has 2 aromatic rings. The second-order valence-electron chi connectivity index (χ2n) is 3.61. The van der Waals surface area contributed by atoms with Crippen molar-refractivity contribution in [1.82, 2.24) is 0 Å². The van der Waals surface area contributed by atoms with Crippen LogP contribution in [0.25, 0.3) is 16.8 Å². The minimum absolute atomic E-state index is 0.741. The van der Waals surface area contributed by atoms with Gasteiger partial charge in [-0.1, -0.05) is 36.4 Å². The topological polar surface area (TPSA) is 17.1 Å². The van der Waals surface area contributed by atoms with Crippen molar-refractivity contribution in [1.29, 1.82) is 0 Å². The van der Waals surface area contributed by atoms with Crippen molar-refractivity contribution < 1.29 is 4.79 Å². The number of rotatable bonds is 2. The zero-order chi connectivity index (χ0) is 10.7. The van der Waals surface area contributed by atoms with Crippen molar-refractivity contribution >= 4 is 23.1 Å². The molecule has 0 aromatic heterocycles. The molecule has 15 heavy (non-hydrogen) atoms. The third kappa shape index (κ3) is 2.13. The van der Waals surface area contributed by atoms with Gasteiger partial charge in [-0.2, -0.15) is 0 Å². The molecule has 1 heteroatoms. The highest BCUT2D eigenvalue weighted by atomic mass is 16.1. The smallest absolute Gasteiger partial charge is 0.145 e. The van der Waals surface area contributed by atoms with E-state index in [4.69, 9.17) is 0 Å². The number of carbonyl (C=O) groups excluding carboxylic acids is 1. The van der Waals surface area contributed by atoms with Gasteiger partial charge in [0.2, 0.25) is 0 Å². The van der Waals surface area contributed by atoms with Gasteiger partial charge in [0.05, 0.1) is 0 Å². The molecule has 0 aliphatic carbocycles. The molecule has 2 rings (SSSR count). The number of fused-ring (bicyclic) bond motifs is 1. The van der Waals surface area contributed by atoms with Gasteiger partial charge in [0.1, 0.15) is 6.29 Å². The molecule has 0 radical (unpaired) electrons. The van der Waals surface area contributed by atoms with Gasteiger partial charge in [-0.15, -0.1) is 0 Å². The first-order chi connectivity index (χ1) is 7.29. The summed E-state index contributed by atoms with van der Waals surface area (Å²) >= 11 is 0. The Morgan fingerprint density at radius 2 is 1.80 bits per heavy atom. The van der Waals surface area contributed by atoms with Crippen LogP contribution in [0.15, 0.2) is 48.0 Å². The van der Waals surface area contributed by atoms with Crippen LogP contribution in [0.2, 0.25) is 0 Å². The lowest BCUT2D eigenvalue weighted by molar-refractivity contribution is -0.104. The number of hydrogen-bond acceptors (Lipinski definition) is 1. The molecule has 0 heterocycles. The van der Waals surface area contributed by atoms with E-state index < -0.39 is 0 Å². The average molecular weight is 196 g/mol. The monoisotopic (exact) mass is 196 g/mol. The van der Waals surface area contributed by atoms with E-state index >= 15 is 0 Å². The Labute approximate surface area is 89.0 Å². The van der Waals surface area contributed by atoms with Gasteiger partial charge in [0.25, 0.3) is 0 Å². The molecule has 0 N–H and O–H groups in total. The van der Waals surface area contributed by atoms with E-state index in [1.165, 1.54) is 10.8 Å². The van der Waals surface area contributed by atoms with Crippen LogP contribution < -0.4 is 0 Å². The van der Waals surface area contributed by atoms with Gasteiger partial charge in [0, 0.05) is 0 Å². The molecule has 0 saturated carbocycles. The molecule has 0 fully saturated rings. The quantitative estimate of drug-likeness (QED) is 0.531. The van der Waals surface area contributed by atoms with E-state index in [0.717, 1.165) is 17.4 Å². The Kier molecular flexibility index (Phi) is 2.64. The summed E-state index contributed by atoms with van der Waals surface area (Å²) in [6.07, 6.45) is 2.76. The minimum Gasteiger partial charge on any atom is -0.298 e. The van der Waals surface area contributed by atoms with E-state index in [-0.39, 0.29) is 0 Å². The molecular weight excluding hydrogens is 184 g/mol. The third-order valence-corrected chi connectivity index (χ3v) is 2.35. The van der Waals surface area contributed by atoms with Gasteiger partial charge in [0.15, 0.2) is 0 Å². The predicted molar refractivity (Wildman–Crippen MR) is 63.7 cm³/mol. The molecule has 0 spiro atoms. The molecule has 0 unspecified atom stereocenters. The maximum Gasteiger partial charge on any atom is 0.145 e. The number of carbonyl (C=O) groups is 1. The molecule has 0 saturated heterocycles. The van der Waals surface area contributed by atoms with Crippen molar-refractivity contribution in [3.8, 4) is 0 Å². The summed E-state index contributed by atoms with van der Waals surface area (Å²) in [4.78, 5) is 10.5. The van der Waals surface area contributed by atoms with Crippen molar-refractivity contribution in [2.45, 2.75) is 6.92 Å². The van der Waals surface area contributed by atoms with E-state index in [1.807, 2.05) is 31.2 Å². The largest absolute Gasteiger partial charge is 0.298 e. The molecule has 0 aliphatic heterocycles. The Bertz CT molecular complexity index is 524. The van der Waals surface area contributed by atoms with Gasteiger partial charge >= 0.3 is 0 Å². The van der Waals surface area contributed by atoms with Crippen molar-refractivity contribution in [2.24, 2.45) is 0 Å². The second kappa shape index (κ2) is 4.09. The summed E-state index contributed by atoms with van der Waals surface area (Å²) in [5, 5.41) is 2.42. The first-order valence-corrected chi connectivity index (χ1v) is 4.92. The van der Waals surface area contributed by atoms with Crippen LogP contribution in [0.4, 0.5) is 0 Å². The standard InChI is InChI=1S/C14H12O/c1-11(10-15)8-12-6-7-13-4-2-3-5-14(13)9-12/h2-10H,1H3. The van der Waals surface area contributed by atoms with E-state index in [2.05, 4.69) is 24.3 Å². The Morgan fingerprint density at radius 3 is 2.53 bits per heavy atom. The van der Waals surface area contributed by atoms with Gasteiger partial charge in [-0.25, -0.2) is 0 Å². The maximum absolute atomic E-state index is 10.5. The number of benzene rings is 2. The summed E-state index contributed by atoms with van der Waals surface area (Å²) in [5.74, 6) is 0. The summed E-state index contributed by atoms with van der Waals surface area (Å²) in [6.45, 7) is 1.81. The summed E-state index contributed by atoms with van der Waals surface area (Å²) in [6, 6.07) is 14.4. The molecule has 1 nitrogen and oxygen atoms in total. The zero-order valence-electron chi connectivity index (χ0n) is 8.60. The fraction of sp³-hybridized carbons (Fsp3) is 0.0714. The minimum atomic E-state index is 0.741. The molecule has 0 bridgehead atoms. The first-order valence-electron chi connectivity index (χ1n) is 4.92. The lowest BCUT2D eigenvalue weighted by Crippen LogP contribution is -1.79. The van der Waals surface area contributed by atoms with Crippen LogP contribution in [0.5, 0.6) is 0 Å². The molecular formula is C14H12O. The van der Waals surface area contributed by atoms with Gasteiger partial charge < -0.3 is 0 Å². The molecule has 74 valence electrons. The fourth-order valence-corrected chi connectivity index (χ4v) is 1.59. The van der Waals surface area contributed by atoms with E-state index in [9.17, 15) is 4.79 Å². The van der Waals surface area contributed by atoms with Crippen LogP contribution in [-0.2, 0) is 4.79 Å². The normalized spacial score (nSPS) is 11.7. The number of aldehydes is 1. The summed E-state index contributed by atoms with van der Waals surface area (Å²) < 4.78 is 0. The van der Waals surface area contributed by atoms with Crippen LogP contribution in [-0.4, -0.2) is 6.29 Å². The first kappa shape index (κ1) is 9.66. The van der Waals surface area contributed by atoms with Crippen molar-refractivity contribution in [3.05, 3.63) is 53.6 Å². The van der Waals surface area contributed by atoms with Crippen LogP contribution in [0.1, 0.15) is 12.5 Å². The van der Waals surface area contributed by atoms with Crippen LogP contribution in [0.3, 0.4) is 0 Å². The van der Waals surface area contributed by atoms with Crippen molar-refractivity contribution in [3.63, 3.8) is 0 Å². The second-order valence-corrected chi connectivity index (χ2v) is 3.61. The third-order valence-electron chi connectivity index (χ3n) is 2.35. The maximum atomic E-state index is 10.5. The summed E-state index contributed by atoms with van der Waals surface area (Å²) in [7, 11) is 0. The average Bonchev–Trinajstić information content (AvgIpc) is 2.29. The molecule has 0 aliphatic rings. The molecule has 0 atom stereocenters. The van der Waals surface area contributed by atoms with E-state index in [1.54, 1.807) is 0 Å².